The molecule has 0 atom stereocenters. The zero-order valence-electron chi connectivity index (χ0n) is 12.9. The molecule has 0 saturated carbocycles. The summed E-state index contributed by atoms with van der Waals surface area (Å²) in [5.74, 6) is 2.41. The van der Waals surface area contributed by atoms with E-state index in [2.05, 4.69) is 23.3 Å². The molecule has 1 aromatic heterocycles. The molecule has 1 N–H and O–H groups in total. The van der Waals surface area contributed by atoms with Crippen LogP contribution in [-0.4, -0.2) is 22.7 Å². The summed E-state index contributed by atoms with van der Waals surface area (Å²) >= 11 is 0. The third kappa shape index (κ3) is 4.23. The van der Waals surface area contributed by atoms with Crippen LogP contribution in [0.3, 0.4) is 0 Å². The van der Waals surface area contributed by atoms with E-state index in [0.29, 0.717) is 13.2 Å². The second-order valence-corrected chi connectivity index (χ2v) is 4.74. The highest BCUT2D eigenvalue weighted by atomic mass is 16.5. The zero-order valence-corrected chi connectivity index (χ0v) is 12.9. The van der Waals surface area contributed by atoms with Gasteiger partial charge in [-0.25, -0.2) is 4.98 Å². The summed E-state index contributed by atoms with van der Waals surface area (Å²) in [6, 6.07) is 6.04. The van der Waals surface area contributed by atoms with Crippen LogP contribution >= 0.6 is 0 Å². The number of nitrogens with zero attached hydrogens (tertiary/aromatic N) is 2. The topological polar surface area (TPSA) is 48.3 Å². The Kier molecular flexibility index (Phi) is 5.63. The summed E-state index contributed by atoms with van der Waals surface area (Å²) < 4.78 is 13.5. The quantitative estimate of drug-likeness (QED) is 0.811. The van der Waals surface area contributed by atoms with Crippen LogP contribution < -0.4 is 14.8 Å². The van der Waals surface area contributed by atoms with Gasteiger partial charge in [-0.15, -0.1) is 0 Å². The predicted octanol–water partition coefficient (Wildman–Crippen LogP) is 2.51. The van der Waals surface area contributed by atoms with Gasteiger partial charge in [0, 0.05) is 26.0 Å². The summed E-state index contributed by atoms with van der Waals surface area (Å²) in [6.07, 6.45) is 3.67. The van der Waals surface area contributed by atoms with Gasteiger partial charge in [-0.05, 0) is 31.2 Å². The van der Waals surface area contributed by atoms with E-state index in [1.54, 1.807) is 6.20 Å². The average Bonchev–Trinajstić information content (AvgIpc) is 2.90. The first-order chi connectivity index (χ1) is 10.2. The van der Waals surface area contributed by atoms with Gasteiger partial charge in [0.15, 0.2) is 11.5 Å². The predicted molar refractivity (Wildman–Crippen MR) is 82.5 cm³/mol. The second kappa shape index (κ2) is 7.69. The van der Waals surface area contributed by atoms with Crippen molar-refractivity contribution >= 4 is 0 Å². The molecule has 114 valence electrons. The van der Waals surface area contributed by atoms with Gasteiger partial charge in [0.25, 0.3) is 0 Å². The molecule has 0 radical (unpaired) electrons. The largest absolute Gasteiger partial charge is 0.490 e. The lowest BCUT2D eigenvalue weighted by atomic mass is 10.2. The molecule has 0 amide bonds. The molecule has 0 aliphatic heterocycles. The number of aromatic nitrogens is 2. The molecule has 1 heterocycles. The molecular formula is C16H23N3O2. The number of nitrogens with one attached hydrogen (secondary N) is 1. The fourth-order valence-corrected chi connectivity index (χ4v) is 2.00. The van der Waals surface area contributed by atoms with Gasteiger partial charge in [0.1, 0.15) is 12.4 Å². The van der Waals surface area contributed by atoms with E-state index in [-0.39, 0.29) is 0 Å². The molecule has 2 aromatic rings. The maximum Gasteiger partial charge on any atom is 0.161 e. The zero-order chi connectivity index (χ0) is 15.1. The molecule has 5 nitrogen and oxygen atoms in total. The summed E-state index contributed by atoms with van der Waals surface area (Å²) in [6.45, 7) is 6.88. The fraction of sp³-hybridized carbons (Fsp3) is 0.438. The first-order valence-electron chi connectivity index (χ1n) is 7.30. The summed E-state index contributed by atoms with van der Waals surface area (Å²) in [4.78, 5) is 4.25. The Labute approximate surface area is 125 Å². The van der Waals surface area contributed by atoms with Crippen molar-refractivity contribution in [1.82, 2.24) is 14.9 Å². The van der Waals surface area contributed by atoms with Crippen LogP contribution in [0.5, 0.6) is 11.5 Å². The van der Waals surface area contributed by atoms with Crippen molar-refractivity contribution in [1.29, 1.82) is 0 Å². The van der Waals surface area contributed by atoms with E-state index in [4.69, 9.17) is 9.47 Å². The molecule has 0 fully saturated rings. The lowest BCUT2D eigenvalue weighted by Crippen LogP contribution is -2.12. The van der Waals surface area contributed by atoms with Crippen molar-refractivity contribution < 1.29 is 9.47 Å². The Hall–Kier alpha value is -2.01. The normalized spacial score (nSPS) is 10.6. The number of hydrogen-bond acceptors (Lipinski definition) is 4. The van der Waals surface area contributed by atoms with Gasteiger partial charge < -0.3 is 19.4 Å². The van der Waals surface area contributed by atoms with E-state index >= 15 is 0 Å². The SMILES string of the molecule is CCNCc1ccc(OCc2nccn2C)c(OCC)c1. The maximum atomic E-state index is 5.85. The Balaban J connectivity index is 2.08. The van der Waals surface area contributed by atoms with Crippen LogP contribution in [-0.2, 0) is 20.2 Å². The van der Waals surface area contributed by atoms with Gasteiger partial charge in [0.05, 0.1) is 6.61 Å². The Morgan fingerprint density at radius 1 is 1.19 bits per heavy atom. The average molecular weight is 289 g/mol. The first kappa shape index (κ1) is 15.4. The minimum atomic E-state index is 0.427. The standard InChI is InChI=1S/C16H23N3O2/c1-4-17-11-13-6-7-14(15(10-13)20-5-2)21-12-16-18-8-9-19(16)3/h6-10,17H,4-5,11-12H2,1-3H3. The third-order valence-corrected chi connectivity index (χ3v) is 3.16. The van der Waals surface area contributed by atoms with Crippen molar-refractivity contribution in [2.75, 3.05) is 13.2 Å². The van der Waals surface area contributed by atoms with Crippen molar-refractivity contribution in [3.05, 3.63) is 42.0 Å². The van der Waals surface area contributed by atoms with E-state index in [1.807, 2.05) is 36.9 Å². The van der Waals surface area contributed by atoms with Crippen LogP contribution in [0, 0.1) is 0 Å². The summed E-state index contributed by atoms with van der Waals surface area (Å²) in [7, 11) is 1.95. The van der Waals surface area contributed by atoms with E-state index < -0.39 is 0 Å². The molecule has 0 bridgehead atoms. The van der Waals surface area contributed by atoms with Crippen LogP contribution in [0.4, 0.5) is 0 Å². The number of benzene rings is 1. The Morgan fingerprint density at radius 3 is 2.71 bits per heavy atom. The third-order valence-electron chi connectivity index (χ3n) is 3.16. The minimum absolute atomic E-state index is 0.427. The van der Waals surface area contributed by atoms with Gasteiger partial charge in [-0.3, -0.25) is 0 Å². The molecular weight excluding hydrogens is 266 g/mol. The number of aryl methyl sites for hydroxylation is 1. The Morgan fingerprint density at radius 2 is 2.05 bits per heavy atom. The van der Waals surface area contributed by atoms with Crippen LogP contribution in [0.2, 0.25) is 0 Å². The van der Waals surface area contributed by atoms with E-state index in [1.165, 1.54) is 5.56 Å². The van der Waals surface area contributed by atoms with Crippen LogP contribution in [0.1, 0.15) is 25.2 Å². The van der Waals surface area contributed by atoms with Gasteiger partial charge >= 0.3 is 0 Å². The highest BCUT2D eigenvalue weighted by Gasteiger charge is 2.08. The molecule has 0 saturated heterocycles. The van der Waals surface area contributed by atoms with Crippen LogP contribution in [0.25, 0.3) is 0 Å². The smallest absolute Gasteiger partial charge is 0.161 e. The van der Waals surface area contributed by atoms with Crippen molar-refractivity contribution in [2.45, 2.75) is 27.0 Å². The summed E-state index contributed by atoms with van der Waals surface area (Å²) in [5, 5.41) is 3.31. The van der Waals surface area contributed by atoms with Gasteiger partial charge in [-0.1, -0.05) is 13.0 Å². The molecule has 0 aliphatic rings. The molecule has 5 heteroatoms. The van der Waals surface area contributed by atoms with Crippen LogP contribution in [0.15, 0.2) is 30.6 Å². The fourth-order valence-electron chi connectivity index (χ4n) is 2.00. The molecule has 2 rings (SSSR count). The Bertz CT molecular complexity index is 566. The van der Waals surface area contributed by atoms with E-state index in [9.17, 15) is 0 Å². The molecule has 0 aliphatic carbocycles. The highest BCUT2D eigenvalue weighted by molar-refractivity contribution is 5.43. The summed E-state index contributed by atoms with van der Waals surface area (Å²) in [5.41, 5.74) is 1.18. The number of hydrogen-bond donors (Lipinski definition) is 1. The molecule has 0 spiro atoms. The minimum Gasteiger partial charge on any atom is -0.490 e. The van der Waals surface area contributed by atoms with Gasteiger partial charge in [-0.2, -0.15) is 0 Å². The second-order valence-electron chi connectivity index (χ2n) is 4.74. The molecule has 21 heavy (non-hydrogen) atoms. The molecule has 1 aromatic carbocycles. The number of ether oxygens (including phenoxy) is 2. The van der Waals surface area contributed by atoms with Gasteiger partial charge in [0.2, 0.25) is 0 Å². The number of imidazole rings is 1. The van der Waals surface area contributed by atoms with Crippen molar-refractivity contribution in [3.63, 3.8) is 0 Å². The monoisotopic (exact) mass is 289 g/mol. The lowest BCUT2D eigenvalue weighted by Gasteiger charge is -2.13. The maximum absolute atomic E-state index is 5.85. The first-order valence-corrected chi connectivity index (χ1v) is 7.30. The lowest BCUT2D eigenvalue weighted by molar-refractivity contribution is 0.260. The highest BCUT2D eigenvalue weighted by Crippen LogP contribution is 2.29. The van der Waals surface area contributed by atoms with Crippen molar-refractivity contribution in [2.24, 2.45) is 7.05 Å². The molecule has 0 unspecified atom stereocenters. The van der Waals surface area contributed by atoms with Crippen molar-refractivity contribution in [3.8, 4) is 11.5 Å². The number of rotatable bonds is 8. The van der Waals surface area contributed by atoms with E-state index in [0.717, 1.165) is 30.4 Å².